The van der Waals surface area contributed by atoms with Gasteiger partial charge in [-0.05, 0) is 48.1 Å². The van der Waals surface area contributed by atoms with Gasteiger partial charge in [-0.25, -0.2) is 0 Å². The van der Waals surface area contributed by atoms with Gasteiger partial charge in [0.2, 0.25) is 0 Å². The number of para-hydroxylation sites is 1. The van der Waals surface area contributed by atoms with Gasteiger partial charge in [-0.3, -0.25) is 15.0 Å². The van der Waals surface area contributed by atoms with Crippen molar-refractivity contribution in [1.82, 2.24) is 10.4 Å². The van der Waals surface area contributed by atoms with Crippen LogP contribution in [0.3, 0.4) is 0 Å². The van der Waals surface area contributed by atoms with E-state index in [1.807, 2.05) is 0 Å². The summed E-state index contributed by atoms with van der Waals surface area (Å²) in [4.78, 5) is 25.2. The first-order valence-electron chi connectivity index (χ1n) is 7.64. The van der Waals surface area contributed by atoms with Gasteiger partial charge in [0.25, 0.3) is 11.8 Å². The van der Waals surface area contributed by atoms with Crippen molar-refractivity contribution in [2.75, 3.05) is 7.11 Å². The van der Waals surface area contributed by atoms with Crippen molar-refractivity contribution in [2.45, 2.75) is 0 Å². The largest absolute Gasteiger partial charge is 0.507 e. The van der Waals surface area contributed by atoms with E-state index in [2.05, 4.69) is 5.43 Å². The number of hydrogen-bond acceptors (Lipinski definition) is 7. The van der Waals surface area contributed by atoms with Gasteiger partial charge in [0.05, 0.1) is 17.6 Å². The molecule has 0 unspecified atom stereocenters. The first-order valence-corrected chi connectivity index (χ1v) is 8.87. The van der Waals surface area contributed by atoms with Crippen molar-refractivity contribution in [1.29, 1.82) is 0 Å². The SMILES string of the molecule is COc1cc(/C=C2/SC(=S)N(NC(=O)c3ccccc3O)C2=O)ccc1O. The quantitative estimate of drug-likeness (QED) is 0.534. The second-order valence-corrected chi connectivity index (χ2v) is 7.08. The van der Waals surface area contributed by atoms with Gasteiger partial charge in [-0.1, -0.05) is 30.0 Å². The number of nitrogens with one attached hydrogen (secondary N) is 1. The van der Waals surface area contributed by atoms with Crippen molar-refractivity contribution in [3.05, 3.63) is 58.5 Å². The van der Waals surface area contributed by atoms with E-state index in [0.717, 1.165) is 16.8 Å². The Labute approximate surface area is 164 Å². The summed E-state index contributed by atoms with van der Waals surface area (Å²) in [6.45, 7) is 0. The molecular formula is C18H14N2O5S2. The third-order valence-corrected chi connectivity index (χ3v) is 4.96. The van der Waals surface area contributed by atoms with Gasteiger partial charge in [0.1, 0.15) is 5.75 Å². The van der Waals surface area contributed by atoms with Gasteiger partial charge < -0.3 is 14.9 Å². The van der Waals surface area contributed by atoms with Crippen LogP contribution in [0.1, 0.15) is 15.9 Å². The van der Waals surface area contributed by atoms with Crippen LogP contribution in [0, 0.1) is 0 Å². The number of aromatic hydroxyl groups is 2. The predicted octanol–water partition coefficient (Wildman–Crippen LogP) is 2.65. The summed E-state index contributed by atoms with van der Waals surface area (Å²) >= 11 is 6.19. The molecule has 0 saturated carbocycles. The molecule has 0 spiro atoms. The molecule has 9 heteroatoms. The van der Waals surface area contributed by atoms with Crippen LogP contribution < -0.4 is 10.2 Å². The van der Waals surface area contributed by atoms with Gasteiger partial charge in [0.15, 0.2) is 15.8 Å². The molecule has 0 atom stereocenters. The van der Waals surface area contributed by atoms with Crippen molar-refractivity contribution >= 4 is 46.2 Å². The minimum absolute atomic E-state index is 0.0165. The third kappa shape index (κ3) is 3.88. The first-order chi connectivity index (χ1) is 12.9. The lowest BCUT2D eigenvalue weighted by Gasteiger charge is -2.16. The molecule has 3 rings (SSSR count). The Balaban J connectivity index is 1.81. The fourth-order valence-corrected chi connectivity index (χ4v) is 3.51. The zero-order valence-electron chi connectivity index (χ0n) is 14.0. The number of methoxy groups -OCH3 is 1. The Kier molecular flexibility index (Phi) is 5.33. The van der Waals surface area contributed by atoms with E-state index in [4.69, 9.17) is 17.0 Å². The molecule has 2 aromatic carbocycles. The maximum atomic E-state index is 12.6. The van der Waals surface area contributed by atoms with E-state index in [1.54, 1.807) is 30.3 Å². The van der Waals surface area contributed by atoms with Crippen LogP contribution in [-0.2, 0) is 4.79 Å². The molecule has 0 radical (unpaired) electrons. The number of phenols is 2. The number of rotatable bonds is 4. The molecule has 2 aromatic rings. The number of amides is 2. The second kappa shape index (κ2) is 7.68. The molecule has 3 N–H and O–H groups in total. The number of phenolic OH excluding ortho intramolecular Hbond substituents is 2. The molecule has 2 amide bonds. The second-order valence-electron chi connectivity index (χ2n) is 5.41. The number of thiocarbonyl (C=S) groups is 1. The summed E-state index contributed by atoms with van der Waals surface area (Å²) in [5, 5.41) is 20.4. The number of thioether (sulfide) groups is 1. The van der Waals surface area contributed by atoms with E-state index in [0.29, 0.717) is 10.5 Å². The summed E-state index contributed by atoms with van der Waals surface area (Å²) in [6.07, 6.45) is 1.58. The van der Waals surface area contributed by atoms with Crippen molar-refractivity contribution in [3.8, 4) is 17.2 Å². The van der Waals surface area contributed by atoms with Crippen LogP contribution in [0.5, 0.6) is 17.2 Å². The maximum Gasteiger partial charge on any atom is 0.285 e. The van der Waals surface area contributed by atoms with Crippen LogP contribution in [0.2, 0.25) is 0 Å². The van der Waals surface area contributed by atoms with E-state index >= 15 is 0 Å². The van der Waals surface area contributed by atoms with Gasteiger partial charge in [-0.2, -0.15) is 5.01 Å². The minimum atomic E-state index is -0.656. The van der Waals surface area contributed by atoms with Gasteiger partial charge in [-0.15, -0.1) is 0 Å². The highest BCUT2D eigenvalue weighted by Gasteiger charge is 2.34. The zero-order valence-corrected chi connectivity index (χ0v) is 15.6. The highest BCUT2D eigenvalue weighted by atomic mass is 32.2. The average molecular weight is 402 g/mol. The Morgan fingerprint density at radius 3 is 2.67 bits per heavy atom. The number of carbonyl (C=O) groups is 2. The molecular weight excluding hydrogens is 388 g/mol. The number of hydrogen-bond donors (Lipinski definition) is 3. The fraction of sp³-hybridized carbons (Fsp3) is 0.0556. The molecule has 27 heavy (non-hydrogen) atoms. The Morgan fingerprint density at radius 2 is 1.96 bits per heavy atom. The van der Waals surface area contributed by atoms with Crippen LogP contribution in [0.15, 0.2) is 47.4 Å². The molecule has 7 nitrogen and oxygen atoms in total. The lowest BCUT2D eigenvalue weighted by molar-refractivity contribution is -0.123. The summed E-state index contributed by atoms with van der Waals surface area (Å²) in [7, 11) is 1.42. The highest BCUT2D eigenvalue weighted by Crippen LogP contribution is 2.33. The molecule has 1 saturated heterocycles. The Morgan fingerprint density at radius 1 is 1.22 bits per heavy atom. The van der Waals surface area contributed by atoms with Crippen molar-refractivity contribution < 1.29 is 24.5 Å². The van der Waals surface area contributed by atoms with Crippen LogP contribution >= 0.6 is 24.0 Å². The molecule has 138 valence electrons. The summed E-state index contributed by atoms with van der Waals surface area (Å²) < 4.78 is 5.20. The van der Waals surface area contributed by atoms with E-state index in [1.165, 1.54) is 25.3 Å². The molecule has 0 aliphatic carbocycles. The van der Waals surface area contributed by atoms with Crippen molar-refractivity contribution in [2.24, 2.45) is 0 Å². The Hall–Kier alpha value is -3.04. The number of nitrogens with zero attached hydrogens (tertiary/aromatic N) is 1. The normalized spacial score (nSPS) is 15.3. The lowest BCUT2D eigenvalue weighted by atomic mass is 10.2. The van der Waals surface area contributed by atoms with Crippen LogP contribution in [-0.4, -0.2) is 38.5 Å². The lowest BCUT2D eigenvalue weighted by Crippen LogP contribution is -2.44. The van der Waals surface area contributed by atoms with Gasteiger partial charge >= 0.3 is 0 Å². The zero-order chi connectivity index (χ0) is 19.6. The molecule has 0 bridgehead atoms. The standard InChI is InChI=1S/C18H14N2O5S2/c1-25-14-8-10(6-7-13(14)22)9-15-17(24)20(18(26)27-15)19-16(23)11-4-2-3-5-12(11)21/h2-9,21-22H,1H3,(H,19,23)/b15-9+. The summed E-state index contributed by atoms with van der Waals surface area (Å²) in [6, 6.07) is 10.6. The topological polar surface area (TPSA) is 99.1 Å². The number of benzene rings is 2. The highest BCUT2D eigenvalue weighted by molar-refractivity contribution is 8.26. The summed E-state index contributed by atoms with van der Waals surface area (Å²) in [5.41, 5.74) is 3.05. The molecule has 1 aliphatic heterocycles. The van der Waals surface area contributed by atoms with E-state index < -0.39 is 11.8 Å². The smallest absolute Gasteiger partial charge is 0.285 e. The molecule has 1 fully saturated rings. The van der Waals surface area contributed by atoms with E-state index in [-0.39, 0.29) is 27.1 Å². The van der Waals surface area contributed by atoms with Gasteiger partial charge in [0, 0.05) is 0 Å². The van der Waals surface area contributed by atoms with Crippen molar-refractivity contribution in [3.63, 3.8) is 0 Å². The molecule has 0 aromatic heterocycles. The monoisotopic (exact) mass is 402 g/mol. The number of hydrazine groups is 1. The van der Waals surface area contributed by atoms with Crippen LogP contribution in [0.4, 0.5) is 0 Å². The van der Waals surface area contributed by atoms with E-state index in [9.17, 15) is 19.8 Å². The molecule has 1 heterocycles. The maximum absolute atomic E-state index is 12.6. The Bertz CT molecular complexity index is 974. The first kappa shape index (κ1) is 18.7. The number of ether oxygens (including phenoxy) is 1. The fourth-order valence-electron chi connectivity index (χ4n) is 2.33. The average Bonchev–Trinajstić information content (AvgIpc) is 2.91. The summed E-state index contributed by atoms with van der Waals surface area (Å²) in [5.74, 6) is -1.10. The van der Waals surface area contributed by atoms with Crippen LogP contribution in [0.25, 0.3) is 6.08 Å². The predicted molar refractivity (Wildman–Crippen MR) is 105 cm³/mol. The minimum Gasteiger partial charge on any atom is -0.507 e. The molecule has 1 aliphatic rings. The number of carbonyl (C=O) groups excluding carboxylic acids is 2. The third-order valence-electron chi connectivity index (χ3n) is 3.66.